The Morgan fingerprint density at radius 3 is 2.74 bits per heavy atom. The summed E-state index contributed by atoms with van der Waals surface area (Å²) in [5, 5.41) is 5.54. The van der Waals surface area contributed by atoms with Crippen molar-refractivity contribution in [1.82, 2.24) is 10.2 Å². The zero-order valence-corrected chi connectivity index (χ0v) is 13.1. The summed E-state index contributed by atoms with van der Waals surface area (Å²) in [6.45, 7) is 0.368. The Balaban J connectivity index is 1.88. The minimum Gasteiger partial charge on any atom is -0.465 e. The van der Waals surface area contributed by atoms with Crippen LogP contribution in [0.2, 0.25) is 0 Å². The Morgan fingerprint density at radius 1 is 1.22 bits per heavy atom. The second kappa shape index (κ2) is 7.84. The van der Waals surface area contributed by atoms with Gasteiger partial charge >= 0.3 is 6.03 Å². The molecule has 2 N–H and O–H groups in total. The van der Waals surface area contributed by atoms with Crippen LogP contribution in [0, 0.1) is 0 Å². The number of hydrogen-bond donors (Lipinski definition) is 2. The summed E-state index contributed by atoms with van der Waals surface area (Å²) in [5.41, 5.74) is 1.57. The molecule has 0 aliphatic rings. The van der Waals surface area contributed by atoms with Gasteiger partial charge in [-0.15, -0.1) is 0 Å². The van der Waals surface area contributed by atoms with Crippen LogP contribution < -0.4 is 10.6 Å². The van der Waals surface area contributed by atoms with Gasteiger partial charge in [-0.1, -0.05) is 12.1 Å². The Kier molecular flexibility index (Phi) is 5.57. The molecule has 0 fully saturated rings. The molecule has 1 aromatic carbocycles. The smallest absolute Gasteiger partial charge is 0.321 e. The summed E-state index contributed by atoms with van der Waals surface area (Å²) in [6.07, 6.45) is 4.56. The number of hydrogen-bond acceptors (Lipinski definition) is 3. The van der Waals surface area contributed by atoms with Crippen LogP contribution in [0.3, 0.4) is 0 Å². The van der Waals surface area contributed by atoms with Crippen LogP contribution in [-0.4, -0.2) is 30.9 Å². The maximum atomic E-state index is 11.7. The van der Waals surface area contributed by atoms with Crippen LogP contribution >= 0.6 is 0 Å². The molecule has 0 saturated heterocycles. The van der Waals surface area contributed by atoms with Gasteiger partial charge in [0, 0.05) is 32.4 Å². The zero-order valence-electron chi connectivity index (χ0n) is 13.1. The molecule has 1 heterocycles. The third kappa shape index (κ3) is 5.35. The quantitative estimate of drug-likeness (QED) is 0.833. The first-order chi connectivity index (χ1) is 11.0. The van der Waals surface area contributed by atoms with Crippen molar-refractivity contribution < 1.29 is 14.0 Å². The highest BCUT2D eigenvalue weighted by Gasteiger charge is 2.04. The molecule has 2 rings (SSSR count). The first-order valence-corrected chi connectivity index (χ1v) is 7.11. The second-order valence-electron chi connectivity index (χ2n) is 5.09. The largest absolute Gasteiger partial charge is 0.465 e. The lowest BCUT2D eigenvalue weighted by Crippen LogP contribution is -2.27. The Morgan fingerprint density at radius 2 is 2.04 bits per heavy atom. The third-order valence-electron chi connectivity index (χ3n) is 2.99. The molecule has 6 heteroatoms. The van der Waals surface area contributed by atoms with Crippen molar-refractivity contribution in [3.63, 3.8) is 0 Å². The average molecular weight is 313 g/mol. The molecule has 0 unspecified atom stereocenters. The van der Waals surface area contributed by atoms with E-state index >= 15 is 0 Å². The first-order valence-electron chi connectivity index (χ1n) is 7.11. The zero-order chi connectivity index (χ0) is 16.7. The summed E-state index contributed by atoms with van der Waals surface area (Å²) in [6, 6.07) is 10.6. The van der Waals surface area contributed by atoms with Gasteiger partial charge in [0.1, 0.15) is 5.76 Å². The molecular formula is C17H19N3O3. The van der Waals surface area contributed by atoms with Crippen molar-refractivity contribution in [2.75, 3.05) is 19.4 Å². The average Bonchev–Trinajstić information content (AvgIpc) is 3.04. The van der Waals surface area contributed by atoms with Gasteiger partial charge < -0.3 is 20.0 Å². The highest BCUT2D eigenvalue weighted by molar-refractivity contribution is 5.91. The van der Waals surface area contributed by atoms with Crippen molar-refractivity contribution in [2.45, 2.75) is 6.54 Å². The number of rotatable bonds is 5. The number of nitrogens with one attached hydrogen (secondary N) is 2. The fourth-order valence-corrected chi connectivity index (χ4v) is 1.79. The van der Waals surface area contributed by atoms with E-state index in [0.717, 1.165) is 5.56 Å². The van der Waals surface area contributed by atoms with E-state index in [9.17, 15) is 9.59 Å². The Hall–Kier alpha value is -3.02. The van der Waals surface area contributed by atoms with Crippen molar-refractivity contribution in [2.24, 2.45) is 0 Å². The van der Waals surface area contributed by atoms with E-state index in [2.05, 4.69) is 10.6 Å². The molecule has 2 aromatic rings. The fraction of sp³-hybridized carbons (Fsp3) is 0.176. The van der Waals surface area contributed by atoms with Gasteiger partial charge in [0.2, 0.25) is 5.91 Å². The van der Waals surface area contributed by atoms with Crippen LogP contribution in [0.4, 0.5) is 10.5 Å². The molecule has 6 nitrogen and oxygen atoms in total. The number of amides is 3. The normalized spacial score (nSPS) is 10.5. The number of nitrogens with zero attached hydrogens (tertiary/aromatic N) is 1. The van der Waals surface area contributed by atoms with E-state index < -0.39 is 0 Å². The van der Waals surface area contributed by atoms with E-state index in [1.807, 2.05) is 18.2 Å². The molecule has 0 saturated carbocycles. The number of furan rings is 1. The minimum atomic E-state index is -0.218. The number of carbonyl (C=O) groups excluding carboxylic acids is 2. The summed E-state index contributed by atoms with van der Waals surface area (Å²) in [4.78, 5) is 24.8. The monoisotopic (exact) mass is 313 g/mol. The van der Waals surface area contributed by atoms with Gasteiger partial charge in [-0.25, -0.2) is 4.79 Å². The van der Waals surface area contributed by atoms with Gasteiger partial charge in [0.15, 0.2) is 0 Å². The molecule has 3 amide bonds. The molecule has 0 bridgehead atoms. The lowest BCUT2D eigenvalue weighted by Gasteiger charge is -2.12. The molecule has 0 aliphatic heterocycles. The molecule has 0 atom stereocenters. The van der Waals surface area contributed by atoms with E-state index in [1.165, 1.54) is 11.0 Å². The van der Waals surface area contributed by atoms with E-state index in [1.54, 1.807) is 44.6 Å². The van der Waals surface area contributed by atoms with Crippen molar-refractivity contribution in [1.29, 1.82) is 0 Å². The number of benzene rings is 1. The van der Waals surface area contributed by atoms with Gasteiger partial charge in [-0.3, -0.25) is 4.79 Å². The Bertz CT molecular complexity index is 691. The van der Waals surface area contributed by atoms with Gasteiger partial charge in [-0.05, 0) is 35.9 Å². The fourth-order valence-electron chi connectivity index (χ4n) is 1.79. The number of urea groups is 1. The highest BCUT2D eigenvalue weighted by atomic mass is 16.3. The van der Waals surface area contributed by atoms with Gasteiger partial charge in [0.05, 0.1) is 6.26 Å². The molecule has 120 valence electrons. The minimum absolute atomic E-state index is 0.201. The van der Waals surface area contributed by atoms with Gasteiger partial charge in [0.25, 0.3) is 0 Å². The molecule has 1 aromatic heterocycles. The van der Waals surface area contributed by atoms with Crippen LogP contribution in [0.15, 0.2) is 53.2 Å². The maximum absolute atomic E-state index is 11.7. The highest BCUT2D eigenvalue weighted by Crippen LogP contribution is 2.11. The number of carbonyl (C=O) groups is 2. The summed E-state index contributed by atoms with van der Waals surface area (Å²) in [5.74, 6) is 0.401. The Labute approximate surface area is 134 Å². The molecule has 0 aliphatic carbocycles. The van der Waals surface area contributed by atoms with Crippen molar-refractivity contribution in [3.8, 4) is 0 Å². The SMILES string of the molecule is CN(C)C(=O)Nc1cccc(CNC(=O)C=Cc2ccco2)c1. The topological polar surface area (TPSA) is 74.6 Å². The summed E-state index contributed by atoms with van der Waals surface area (Å²) in [7, 11) is 3.34. The van der Waals surface area contributed by atoms with Crippen molar-refractivity contribution >= 4 is 23.7 Å². The van der Waals surface area contributed by atoms with Crippen LogP contribution in [0.1, 0.15) is 11.3 Å². The van der Waals surface area contributed by atoms with Crippen LogP contribution in [0.5, 0.6) is 0 Å². The van der Waals surface area contributed by atoms with Crippen molar-refractivity contribution in [3.05, 3.63) is 60.1 Å². The summed E-state index contributed by atoms with van der Waals surface area (Å²) >= 11 is 0. The maximum Gasteiger partial charge on any atom is 0.321 e. The third-order valence-corrected chi connectivity index (χ3v) is 2.99. The second-order valence-corrected chi connectivity index (χ2v) is 5.09. The van der Waals surface area contributed by atoms with E-state index in [-0.39, 0.29) is 11.9 Å². The van der Waals surface area contributed by atoms with Gasteiger partial charge in [-0.2, -0.15) is 0 Å². The molecule has 0 radical (unpaired) electrons. The molecule has 23 heavy (non-hydrogen) atoms. The molecular weight excluding hydrogens is 294 g/mol. The lowest BCUT2D eigenvalue weighted by molar-refractivity contribution is -0.116. The van der Waals surface area contributed by atoms with E-state index in [4.69, 9.17) is 4.42 Å². The first kappa shape index (κ1) is 16.4. The lowest BCUT2D eigenvalue weighted by atomic mass is 10.2. The van der Waals surface area contributed by atoms with E-state index in [0.29, 0.717) is 18.0 Å². The standard InChI is InChI=1S/C17H19N3O3/c1-20(2)17(22)19-14-6-3-5-13(11-14)12-18-16(21)9-8-15-7-4-10-23-15/h3-11H,12H2,1-2H3,(H,18,21)(H,19,22). The predicted octanol–water partition coefficient (Wildman–Crippen LogP) is 2.70. The predicted molar refractivity (Wildman–Crippen MR) is 88.7 cm³/mol. The molecule has 0 spiro atoms. The number of anilines is 1. The van der Waals surface area contributed by atoms with Crippen LogP contribution in [-0.2, 0) is 11.3 Å². The summed E-state index contributed by atoms with van der Waals surface area (Å²) < 4.78 is 5.11. The van der Waals surface area contributed by atoms with Crippen LogP contribution in [0.25, 0.3) is 6.08 Å².